The molecule has 1 aliphatic heterocycles. The van der Waals surface area contributed by atoms with Gasteiger partial charge in [-0.1, -0.05) is 5.16 Å². The van der Waals surface area contributed by atoms with E-state index in [1.165, 1.54) is 11.0 Å². The van der Waals surface area contributed by atoms with Crippen LogP contribution in [0.4, 0.5) is 32.0 Å². The van der Waals surface area contributed by atoms with Gasteiger partial charge in [-0.15, -0.1) is 0 Å². The number of anilines is 1. The van der Waals surface area contributed by atoms with Crippen LogP contribution in [-0.2, 0) is 28.4 Å². The van der Waals surface area contributed by atoms with Crippen LogP contribution in [0, 0.1) is 0 Å². The van der Waals surface area contributed by atoms with Gasteiger partial charge in [-0.2, -0.15) is 31.3 Å². The van der Waals surface area contributed by atoms with Crippen molar-refractivity contribution in [1.82, 2.24) is 10.1 Å². The minimum Gasteiger partial charge on any atom is -0.480 e. The van der Waals surface area contributed by atoms with Gasteiger partial charge in [0.15, 0.2) is 0 Å². The van der Waals surface area contributed by atoms with Crippen molar-refractivity contribution in [2.24, 2.45) is 5.73 Å². The van der Waals surface area contributed by atoms with Gasteiger partial charge in [0.25, 0.3) is 5.89 Å². The van der Waals surface area contributed by atoms with E-state index in [1.54, 1.807) is 12.1 Å². The predicted octanol–water partition coefficient (Wildman–Crippen LogP) is 4.13. The van der Waals surface area contributed by atoms with Crippen LogP contribution >= 0.6 is 0 Å². The molecule has 3 N–H and O–H groups in total. The summed E-state index contributed by atoms with van der Waals surface area (Å²) in [6.45, 7) is 0.270. The molecule has 0 fully saturated rings. The van der Waals surface area contributed by atoms with Crippen LogP contribution in [0.25, 0.3) is 22.8 Å². The zero-order valence-corrected chi connectivity index (χ0v) is 18.0. The fourth-order valence-corrected chi connectivity index (χ4v) is 3.72. The van der Waals surface area contributed by atoms with Gasteiger partial charge < -0.3 is 20.3 Å². The molecule has 1 amide bonds. The molecule has 0 bridgehead atoms. The van der Waals surface area contributed by atoms with Gasteiger partial charge in [-0.3, -0.25) is 9.59 Å². The maximum atomic E-state index is 13.1. The number of carbonyl (C=O) groups excluding carboxylic acids is 1. The van der Waals surface area contributed by atoms with Gasteiger partial charge in [0, 0.05) is 23.4 Å². The summed E-state index contributed by atoms with van der Waals surface area (Å²) in [4.78, 5) is 28.7. The van der Waals surface area contributed by atoms with Crippen LogP contribution in [-0.4, -0.2) is 39.7 Å². The maximum absolute atomic E-state index is 13.1. The Morgan fingerprint density at radius 1 is 1.03 bits per heavy atom. The van der Waals surface area contributed by atoms with E-state index in [2.05, 4.69) is 10.1 Å². The number of alkyl halides is 6. The molecule has 190 valence electrons. The maximum Gasteiger partial charge on any atom is 0.416 e. The summed E-state index contributed by atoms with van der Waals surface area (Å²) < 4.78 is 83.8. The van der Waals surface area contributed by atoms with E-state index in [0.29, 0.717) is 35.4 Å². The highest BCUT2D eigenvalue weighted by Crippen LogP contribution is 2.39. The second-order valence-corrected chi connectivity index (χ2v) is 8.01. The van der Waals surface area contributed by atoms with Gasteiger partial charge in [-0.25, -0.2) is 0 Å². The van der Waals surface area contributed by atoms with Crippen molar-refractivity contribution >= 4 is 17.6 Å². The van der Waals surface area contributed by atoms with E-state index < -0.39 is 59.3 Å². The van der Waals surface area contributed by atoms with Gasteiger partial charge in [0.1, 0.15) is 6.04 Å². The van der Waals surface area contributed by atoms with Crippen molar-refractivity contribution < 1.29 is 45.6 Å². The second-order valence-electron chi connectivity index (χ2n) is 8.01. The van der Waals surface area contributed by atoms with Gasteiger partial charge in [0.2, 0.25) is 11.7 Å². The van der Waals surface area contributed by atoms with E-state index in [9.17, 15) is 35.9 Å². The number of nitrogens with zero attached hydrogens (tertiary/aromatic N) is 3. The van der Waals surface area contributed by atoms with Crippen LogP contribution in [0.5, 0.6) is 0 Å². The second kappa shape index (κ2) is 8.93. The zero-order chi connectivity index (χ0) is 26.4. The molecule has 0 spiro atoms. The Kier molecular flexibility index (Phi) is 6.24. The Morgan fingerprint density at radius 2 is 1.67 bits per heavy atom. The molecule has 1 aliphatic rings. The number of halogens is 6. The van der Waals surface area contributed by atoms with Crippen LogP contribution in [0.15, 0.2) is 40.9 Å². The first-order valence-electron chi connectivity index (χ1n) is 10.3. The number of aromatic nitrogens is 2. The summed E-state index contributed by atoms with van der Waals surface area (Å²) in [5.41, 5.74) is 3.37. The van der Waals surface area contributed by atoms with E-state index in [0.717, 1.165) is 0 Å². The van der Waals surface area contributed by atoms with Crippen LogP contribution in [0.3, 0.4) is 0 Å². The molecule has 0 radical (unpaired) electrons. The zero-order valence-electron chi connectivity index (χ0n) is 18.0. The van der Waals surface area contributed by atoms with Crippen molar-refractivity contribution in [3.63, 3.8) is 0 Å². The number of nitrogens with two attached hydrogens (primary N) is 1. The van der Waals surface area contributed by atoms with Crippen molar-refractivity contribution in [1.29, 1.82) is 0 Å². The minimum absolute atomic E-state index is 0.00233. The lowest BCUT2D eigenvalue weighted by atomic mass is 10.0. The summed E-state index contributed by atoms with van der Waals surface area (Å²) in [6, 6.07) is 4.25. The molecular weight excluding hydrogens is 498 g/mol. The van der Waals surface area contributed by atoms with Gasteiger partial charge >= 0.3 is 18.3 Å². The highest BCUT2D eigenvalue weighted by Gasteiger charge is 2.37. The quantitative estimate of drug-likeness (QED) is 0.491. The molecule has 1 aromatic heterocycles. The number of carboxylic acid groups (broad SMARTS) is 1. The monoisotopic (exact) mass is 514 g/mol. The predicted molar refractivity (Wildman–Crippen MR) is 111 cm³/mol. The van der Waals surface area contributed by atoms with Crippen LogP contribution < -0.4 is 10.6 Å². The SMILES string of the molecule is NC(CC(=O)N1CCc2cc(-c3noc(-c4cc(C(F)(F)F)cc(C(F)(F)F)c4)n3)ccc21)C(=O)O. The average Bonchev–Trinajstić information content (AvgIpc) is 3.44. The molecule has 36 heavy (non-hydrogen) atoms. The first kappa shape index (κ1) is 25.2. The lowest BCUT2D eigenvalue weighted by molar-refractivity contribution is -0.143. The van der Waals surface area contributed by atoms with Gasteiger partial charge in [0.05, 0.1) is 17.5 Å². The molecule has 1 unspecified atom stereocenters. The number of aliphatic carboxylic acids is 1. The molecule has 2 aromatic carbocycles. The Bertz CT molecular complexity index is 1300. The number of carbonyl (C=O) groups is 2. The number of amides is 1. The van der Waals surface area contributed by atoms with Crippen molar-refractivity contribution in [2.75, 3.05) is 11.4 Å². The Hall–Kier alpha value is -3.94. The van der Waals surface area contributed by atoms with Crippen LogP contribution in [0.1, 0.15) is 23.1 Å². The Labute approximate surface area is 198 Å². The number of hydrogen-bond acceptors (Lipinski definition) is 6. The van der Waals surface area contributed by atoms with E-state index in [1.807, 2.05) is 0 Å². The lowest BCUT2D eigenvalue weighted by Gasteiger charge is -2.18. The fourth-order valence-electron chi connectivity index (χ4n) is 3.72. The number of hydrogen-bond donors (Lipinski definition) is 2. The standard InChI is InChI=1S/C22H16F6N4O4/c23-21(24,25)13-6-12(7-14(8-13)22(26,27)28)19-30-18(31-36-19)11-1-2-16-10(5-11)3-4-32(16)17(33)9-15(29)20(34)35/h1-2,5-8,15H,3-4,9,29H2,(H,34,35). The molecule has 0 saturated heterocycles. The smallest absolute Gasteiger partial charge is 0.416 e. The lowest BCUT2D eigenvalue weighted by Crippen LogP contribution is -2.38. The summed E-state index contributed by atoms with van der Waals surface area (Å²) in [7, 11) is 0. The normalized spacial score (nSPS) is 14.6. The number of benzene rings is 2. The van der Waals surface area contributed by atoms with Crippen molar-refractivity contribution in [2.45, 2.75) is 31.2 Å². The topological polar surface area (TPSA) is 123 Å². The third kappa shape index (κ3) is 5.03. The van der Waals surface area contributed by atoms with Crippen molar-refractivity contribution in [3.8, 4) is 22.8 Å². The Balaban J connectivity index is 1.62. The number of carboxylic acids is 1. The highest BCUT2D eigenvalue weighted by molar-refractivity contribution is 5.98. The molecule has 8 nitrogen and oxygen atoms in total. The molecular formula is C22H16F6N4O4. The van der Waals surface area contributed by atoms with E-state index in [-0.39, 0.29) is 18.4 Å². The summed E-state index contributed by atoms with van der Waals surface area (Å²) in [5, 5.41) is 12.6. The highest BCUT2D eigenvalue weighted by atomic mass is 19.4. The Morgan fingerprint density at radius 3 is 2.25 bits per heavy atom. The third-order valence-electron chi connectivity index (χ3n) is 5.51. The summed E-state index contributed by atoms with van der Waals surface area (Å²) in [6.07, 6.45) is -10.1. The third-order valence-corrected chi connectivity index (χ3v) is 5.51. The summed E-state index contributed by atoms with van der Waals surface area (Å²) >= 11 is 0. The average molecular weight is 514 g/mol. The van der Waals surface area contributed by atoms with E-state index in [4.69, 9.17) is 15.4 Å². The van der Waals surface area contributed by atoms with Crippen molar-refractivity contribution in [3.05, 3.63) is 53.1 Å². The first-order chi connectivity index (χ1) is 16.7. The number of rotatable bonds is 5. The minimum atomic E-state index is -5.03. The number of fused-ring (bicyclic) bond motifs is 1. The molecule has 0 saturated carbocycles. The molecule has 3 aromatic rings. The van der Waals surface area contributed by atoms with E-state index >= 15 is 0 Å². The molecule has 4 rings (SSSR count). The molecule has 1 atom stereocenters. The summed E-state index contributed by atoms with van der Waals surface area (Å²) in [5.74, 6) is -2.42. The molecule has 14 heteroatoms. The molecule has 2 heterocycles. The largest absolute Gasteiger partial charge is 0.480 e. The van der Waals surface area contributed by atoms with Gasteiger partial charge in [-0.05, 0) is 48.4 Å². The fraction of sp³-hybridized carbons (Fsp3) is 0.273. The van der Waals surface area contributed by atoms with Crippen LogP contribution in [0.2, 0.25) is 0 Å². The first-order valence-corrected chi connectivity index (χ1v) is 10.3. The molecule has 0 aliphatic carbocycles.